The molecule has 0 aliphatic heterocycles. The molecule has 2 heterocycles. The zero-order chi connectivity index (χ0) is 14.0. The Kier molecular flexibility index (Phi) is 4.23. The maximum Gasteiger partial charge on any atom is 0.260 e. The number of hydrogen-bond acceptors (Lipinski definition) is 6. The Morgan fingerprint density at radius 1 is 1.58 bits per heavy atom. The summed E-state index contributed by atoms with van der Waals surface area (Å²) in [6.07, 6.45) is 3.70. The number of nitrogens with two attached hydrogens (primary N) is 1. The van der Waals surface area contributed by atoms with E-state index in [9.17, 15) is 12.6 Å². The van der Waals surface area contributed by atoms with Crippen LogP contribution in [-0.2, 0) is 20.8 Å². The fourth-order valence-electron chi connectivity index (χ4n) is 1.60. The number of thiazole rings is 1. The van der Waals surface area contributed by atoms with Crippen LogP contribution in [0.5, 0.6) is 0 Å². The van der Waals surface area contributed by atoms with Gasteiger partial charge in [0.2, 0.25) is 0 Å². The molecular formula is C9H14N4O3S3. The number of sulfonamides is 1. The molecule has 0 aliphatic carbocycles. The Hall–Kier alpha value is -0.970. The fourth-order valence-corrected chi connectivity index (χ4v) is 4.21. The highest BCUT2D eigenvalue weighted by Crippen LogP contribution is 2.22. The molecule has 1 atom stereocenters. The molecular weight excluding hydrogens is 308 g/mol. The smallest absolute Gasteiger partial charge is 0.260 e. The van der Waals surface area contributed by atoms with Crippen LogP contribution in [0.3, 0.4) is 0 Å². The van der Waals surface area contributed by atoms with Crippen LogP contribution < -0.4 is 10.5 Å². The molecule has 3 N–H and O–H groups in total. The van der Waals surface area contributed by atoms with Gasteiger partial charge in [-0.25, -0.2) is 18.1 Å². The lowest BCUT2D eigenvalue weighted by molar-refractivity contribution is 0.576. The van der Waals surface area contributed by atoms with Crippen molar-refractivity contribution in [1.82, 2.24) is 14.1 Å². The maximum absolute atomic E-state index is 12.1. The van der Waals surface area contributed by atoms with Crippen molar-refractivity contribution in [3.8, 4) is 0 Å². The molecule has 0 aromatic carbocycles. The van der Waals surface area contributed by atoms with E-state index in [0.29, 0.717) is 17.1 Å². The van der Waals surface area contributed by atoms with E-state index < -0.39 is 20.8 Å². The highest BCUT2D eigenvalue weighted by atomic mass is 32.2. The minimum atomic E-state index is -3.71. The van der Waals surface area contributed by atoms with Crippen molar-refractivity contribution in [2.45, 2.75) is 11.4 Å². The highest BCUT2D eigenvalue weighted by Gasteiger charge is 2.23. The van der Waals surface area contributed by atoms with Gasteiger partial charge in [-0.2, -0.15) is 0 Å². The first-order valence-electron chi connectivity index (χ1n) is 5.42. The SMILES string of the molecule is CS(=O)CCCNS(=O)(=O)c1c(N)nc2sccn12. The average molecular weight is 322 g/mol. The number of fused-ring (bicyclic) bond motifs is 1. The molecule has 0 saturated carbocycles. The lowest BCUT2D eigenvalue weighted by atomic mass is 10.5. The first-order chi connectivity index (χ1) is 8.92. The largest absolute Gasteiger partial charge is 0.381 e. The van der Waals surface area contributed by atoms with E-state index in [0.717, 1.165) is 0 Å². The standard InChI is InChI=1S/C9H14N4O3S3/c1-18(14)6-2-3-11-19(15,16)8-7(10)12-9-13(8)4-5-17-9/h4-5,11H,2-3,6,10H2,1H3. The van der Waals surface area contributed by atoms with Crippen molar-refractivity contribution in [2.24, 2.45) is 0 Å². The third-order valence-electron chi connectivity index (χ3n) is 2.40. The van der Waals surface area contributed by atoms with Crippen LogP contribution in [-0.4, -0.2) is 40.6 Å². The van der Waals surface area contributed by atoms with Gasteiger partial charge in [-0.1, -0.05) is 0 Å². The molecule has 2 aromatic rings. The fraction of sp³-hybridized carbons (Fsp3) is 0.444. The summed E-state index contributed by atoms with van der Waals surface area (Å²) < 4.78 is 39.1. The zero-order valence-electron chi connectivity index (χ0n) is 10.2. The Morgan fingerprint density at radius 3 is 3.00 bits per heavy atom. The quantitative estimate of drug-likeness (QED) is 0.730. The van der Waals surface area contributed by atoms with Gasteiger partial charge >= 0.3 is 0 Å². The first-order valence-corrected chi connectivity index (χ1v) is 9.51. The van der Waals surface area contributed by atoms with E-state index in [1.165, 1.54) is 15.7 Å². The summed E-state index contributed by atoms with van der Waals surface area (Å²) in [4.78, 5) is 4.52. The van der Waals surface area contributed by atoms with Crippen molar-refractivity contribution in [2.75, 3.05) is 24.3 Å². The summed E-state index contributed by atoms with van der Waals surface area (Å²) in [5, 5.41) is 1.70. The van der Waals surface area contributed by atoms with E-state index in [-0.39, 0.29) is 17.4 Å². The lowest BCUT2D eigenvalue weighted by Crippen LogP contribution is -2.27. The molecule has 2 aromatic heterocycles. The maximum atomic E-state index is 12.1. The molecule has 10 heteroatoms. The minimum absolute atomic E-state index is 0.0154. The average Bonchev–Trinajstić information content (AvgIpc) is 2.83. The molecule has 0 radical (unpaired) electrons. The predicted molar refractivity (Wildman–Crippen MR) is 76.2 cm³/mol. The van der Waals surface area contributed by atoms with Crippen molar-refractivity contribution < 1.29 is 12.6 Å². The molecule has 7 nitrogen and oxygen atoms in total. The summed E-state index contributed by atoms with van der Waals surface area (Å²) in [7, 11) is -4.64. The van der Waals surface area contributed by atoms with E-state index in [2.05, 4.69) is 9.71 Å². The molecule has 2 rings (SSSR count). The van der Waals surface area contributed by atoms with Crippen LogP contribution in [0.2, 0.25) is 0 Å². The van der Waals surface area contributed by atoms with Gasteiger partial charge in [-0.15, -0.1) is 11.3 Å². The summed E-state index contributed by atoms with van der Waals surface area (Å²) in [5.74, 6) is 0.441. The Morgan fingerprint density at radius 2 is 2.32 bits per heavy atom. The molecule has 106 valence electrons. The molecule has 0 saturated heterocycles. The molecule has 0 spiro atoms. The number of nitrogen functional groups attached to an aromatic ring is 1. The van der Waals surface area contributed by atoms with E-state index in [1.807, 2.05) is 0 Å². The number of nitrogens with zero attached hydrogens (tertiary/aromatic N) is 2. The van der Waals surface area contributed by atoms with E-state index in [1.54, 1.807) is 17.8 Å². The van der Waals surface area contributed by atoms with Gasteiger partial charge in [0.25, 0.3) is 10.0 Å². The number of rotatable bonds is 6. The van der Waals surface area contributed by atoms with Gasteiger partial charge in [-0.05, 0) is 6.42 Å². The van der Waals surface area contributed by atoms with Crippen molar-refractivity contribution in [3.05, 3.63) is 11.6 Å². The van der Waals surface area contributed by atoms with Crippen LogP contribution in [0.15, 0.2) is 16.6 Å². The highest BCUT2D eigenvalue weighted by molar-refractivity contribution is 7.89. The first kappa shape index (κ1) is 14.4. The number of imidazole rings is 1. The number of aromatic nitrogens is 2. The lowest BCUT2D eigenvalue weighted by Gasteiger charge is -2.05. The number of anilines is 1. The second-order valence-electron chi connectivity index (χ2n) is 3.89. The molecule has 19 heavy (non-hydrogen) atoms. The zero-order valence-corrected chi connectivity index (χ0v) is 12.6. The minimum Gasteiger partial charge on any atom is -0.381 e. The number of hydrogen-bond donors (Lipinski definition) is 2. The van der Waals surface area contributed by atoms with Crippen molar-refractivity contribution in [1.29, 1.82) is 0 Å². The predicted octanol–water partition coefficient (Wildman–Crippen LogP) is 0.0249. The van der Waals surface area contributed by atoms with Crippen LogP contribution in [0.25, 0.3) is 4.96 Å². The summed E-state index contributed by atoms with van der Waals surface area (Å²) in [5.41, 5.74) is 5.64. The topological polar surface area (TPSA) is 107 Å². The molecule has 0 fully saturated rings. The molecule has 1 unspecified atom stereocenters. The van der Waals surface area contributed by atoms with Gasteiger partial charge in [0.15, 0.2) is 15.8 Å². The van der Waals surface area contributed by atoms with Crippen LogP contribution >= 0.6 is 11.3 Å². The summed E-state index contributed by atoms with van der Waals surface area (Å²) in [6, 6.07) is 0. The van der Waals surface area contributed by atoms with Gasteiger partial charge in [0.05, 0.1) is 0 Å². The van der Waals surface area contributed by atoms with Crippen molar-refractivity contribution in [3.63, 3.8) is 0 Å². The molecule has 0 aliphatic rings. The Labute approximate surface area is 117 Å². The van der Waals surface area contributed by atoms with Crippen LogP contribution in [0.4, 0.5) is 5.82 Å². The normalized spacial score (nSPS) is 13.9. The number of nitrogens with one attached hydrogen (secondary N) is 1. The third kappa shape index (κ3) is 3.14. The Balaban J connectivity index is 2.17. The van der Waals surface area contributed by atoms with E-state index in [4.69, 9.17) is 5.73 Å². The van der Waals surface area contributed by atoms with Gasteiger partial charge in [0.1, 0.15) is 0 Å². The molecule has 0 bridgehead atoms. The second-order valence-corrected chi connectivity index (χ2v) is 8.00. The van der Waals surface area contributed by atoms with Crippen molar-refractivity contribution >= 4 is 42.9 Å². The third-order valence-corrected chi connectivity index (χ3v) is 5.52. The summed E-state index contributed by atoms with van der Waals surface area (Å²) in [6.45, 7) is 0.221. The second kappa shape index (κ2) is 5.57. The van der Waals surface area contributed by atoms with Gasteiger partial charge in [-0.3, -0.25) is 8.61 Å². The van der Waals surface area contributed by atoms with Gasteiger partial charge < -0.3 is 5.73 Å². The van der Waals surface area contributed by atoms with Crippen LogP contribution in [0.1, 0.15) is 6.42 Å². The Bertz CT molecular complexity index is 703. The monoisotopic (exact) mass is 322 g/mol. The summed E-state index contributed by atoms with van der Waals surface area (Å²) >= 11 is 1.31. The molecule has 0 amide bonds. The van der Waals surface area contributed by atoms with Crippen LogP contribution in [0, 0.1) is 0 Å². The van der Waals surface area contributed by atoms with E-state index >= 15 is 0 Å². The van der Waals surface area contributed by atoms with Gasteiger partial charge in [0, 0.05) is 40.9 Å².